The third-order valence-electron chi connectivity index (χ3n) is 3.95. The fourth-order valence-electron chi connectivity index (χ4n) is 2.83. The van der Waals surface area contributed by atoms with Crippen molar-refractivity contribution in [3.8, 4) is 0 Å². The third kappa shape index (κ3) is 1.99. The maximum atomic E-state index is 12.3. The smallest absolute Gasteiger partial charge is 0.268 e. The molecule has 0 radical (unpaired) electrons. The fourth-order valence-corrected chi connectivity index (χ4v) is 3.97. The molecule has 1 aliphatic rings. The lowest BCUT2D eigenvalue weighted by atomic mass is 9.91. The third-order valence-corrected chi connectivity index (χ3v) is 5.16. The van der Waals surface area contributed by atoms with Crippen LogP contribution in [0.25, 0.3) is 10.1 Å². The molecule has 1 aromatic heterocycles. The first-order valence-corrected chi connectivity index (χ1v) is 7.35. The van der Waals surface area contributed by atoms with Crippen molar-refractivity contribution in [3.05, 3.63) is 34.6 Å². The summed E-state index contributed by atoms with van der Waals surface area (Å²) >= 11 is 1.62. The van der Waals surface area contributed by atoms with Gasteiger partial charge in [0.15, 0.2) is 0 Å². The molecule has 1 saturated carbocycles. The van der Waals surface area contributed by atoms with Gasteiger partial charge < -0.3 is 5.32 Å². The van der Waals surface area contributed by atoms with Gasteiger partial charge in [0.05, 0.1) is 10.1 Å². The number of benzene rings is 1. The highest BCUT2D eigenvalue weighted by atomic mass is 32.1. The summed E-state index contributed by atoms with van der Waals surface area (Å²) in [5, 5.41) is 4.21. The predicted octanol–water partition coefficient (Wildman–Crippen LogP) is 2.77. The highest BCUT2D eigenvalue weighted by Gasteiger charge is 2.23. The van der Waals surface area contributed by atoms with Crippen molar-refractivity contribution < 1.29 is 0 Å². The van der Waals surface area contributed by atoms with E-state index in [1.54, 1.807) is 11.5 Å². The molecule has 0 atom stereocenters. The van der Waals surface area contributed by atoms with Crippen LogP contribution in [0.4, 0.5) is 0 Å². The molecule has 4 heteroatoms. The molecule has 1 fully saturated rings. The first-order chi connectivity index (χ1) is 8.79. The number of nitrogens with one attached hydrogen (secondary N) is 1. The molecule has 1 heterocycles. The average molecular weight is 262 g/mol. The summed E-state index contributed by atoms with van der Waals surface area (Å²) in [6.07, 6.45) is 4.56. The lowest BCUT2D eigenvalue weighted by molar-refractivity contribution is 0.309. The van der Waals surface area contributed by atoms with Crippen molar-refractivity contribution in [3.63, 3.8) is 0 Å². The van der Waals surface area contributed by atoms with Crippen LogP contribution < -0.4 is 10.9 Å². The van der Waals surface area contributed by atoms with E-state index in [9.17, 15) is 4.79 Å². The first-order valence-electron chi connectivity index (χ1n) is 6.57. The van der Waals surface area contributed by atoms with E-state index in [4.69, 9.17) is 0 Å². The Morgan fingerprint density at radius 2 is 1.94 bits per heavy atom. The summed E-state index contributed by atoms with van der Waals surface area (Å²) in [6, 6.07) is 8.95. The molecule has 2 aromatic rings. The zero-order valence-corrected chi connectivity index (χ0v) is 11.4. The van der Waals surface area contributed by atoms with Gasteiger partial charge >= 0.3 is 0 Å². The van der Waals surface area contributed by atoms with E-state index in [0.717, 1.165) is 22.9 Å². The Balaban J connectivity index is 1.91. The Morgan fingerprint density at radius 1 is 1.22 bits per heavy atom. The Labute approximate surface area is 111 Å². The molecule has 1 aliphatic carbocycles. The largest absolute Gasteiger partial charge is 0.317 e. The summed E-state index contributed by atoms with van der Waals surface area (Å²) < 4.78 is 3.11. The number of rotatable bonds is 2. The topological polar surface area (TPSA) is 34.0 Å². The van der Waals surface area contributed by atoms with Crippen molar-refractivity contribution >= 4 is 21.6 Å². The Hall–Kier alpha value is -1.13. The lowest BCUT2D eigenvalue weighted by Gasteiger charge is -2.28. The van der Waals surface area contributed by atoms with Gasteiger partial charge in [0.1, 0.15) is 0 Å². The normalized spacial score (nSPS) is 24.5. The maximum absolute atomic E-state index is 12.3. The second-order valence-corrected chi connectivity index (χ2v) is 6.03. The molecule has 0 spiro atoms. The SMILES string of the molecule is CNC1CCC(n2sc3ccccc3c2=O)CC1. The van der Waals surface area contributed by atoms with Crippen LogP contribution >= 0.6 is 11.5 Å². The highest BCUT2D eigenvalue weighted by Crippen LogP contribution is 2.30. The quantitative estimate of drug-likeness (QED) is 0.903. The Morgan fingerprint density at radius 3 is 2.61 bits per heavy atom. The molecule has 3 rings (SSSR count). The van der Waals surface area contributed by atoms with Gasteiger partial charge in [0.2, 0.25) is 0 Å². The van der Waals surface area contributed by atoms with Gasteiger partial charge in [-0.15, -0.1) is 0 Å². The van der Waals surface area contributed by atoms with E-state index >= 15 is 0 Å². The van der Waals surface area contributed by atoms with Crippen LogP contribution in [0.1, 0.15) is 31.7 Å². The Bertz CT molecular complexity index is 593. The van der Waals surface area contributed by atoms with Crippen LogP contribution in [-0.2, 0) is 0 Å². The molecular weight excluding hydrogens is 244 g/mol. The van der Waals surface area contributed by atoms with E-state index in [1.165, 1.54) is 12.8 Å². The van der Waals surface area contributed by atoms with E-state index in [2.05, 4.69) is 5.32 Å². The summed E-state index contributed by atoms with van der Waals surface area (Å²) in [4.78, 5) is 12.3. The van der Waals surface area contributed by atoms with Crippen LogP contribution in [0.5, 0.6) is 0 Å². The van der Waals surface area contributed by atoms with Crippen LogP contribution in [-0.4, -0.2) is 17.0 Å². The molecule has 0 saturated heterocycles. The van der Waals surface area contributed by atoms with Crippen molar-refractivity contribution in [2.24, 2.45) is 0 Å². The number of hydrogen-bond acceptors (Lipinski definition) is 3. The lowest BCUT2D eigenvalue weighted by Crippen LogP contribution is -2.32. The summed E-state index contributed by atoms with van der Waals surface area (Å²) in [7, 11) is 2.02. The van der Waals surface area contributed by atoms with Gasteiger partial charge in [-0.1, -0.05) is 23.7 Å². The van der Waals surface area contributed by atoms with Crippen LogP contribution in [0.15, 0.2) is 29.1 Å². The molecule has 1 N–H and O–H groups in total. The zero-order chi connectivity index (χ0) is 12.5. The molecule has 0 unspecified atom stereocenters. The number of hydrogen-bond donors (Lipinski definition) is 1. The second kappa shape index (κ2) is 4.86. The minimum Gasteiger partial charge on any atom is -0.317 e. The van der Waals surface area contributed by atoms with E-state index in [0.29, 0.717) is 12.1 Å². The summed E-state index contributed by atoms with van der Waals surface area (Å²) in [5.41, 5.74) is 0.198. The van der Waals surface area contributed by atoms with Crippen LogP contribution in [0.2, 0.25) is 0 Å². The van der Waals surface area contributed by atoms with Crippen molar-refractivity contribution in [1.82, 2.24) is 9.27 Å². The molecule has 0 amide bonds. The monoisotopic (exact) mass is 262 g/mol. The standard InChI is InChI=1S/C14H18N2OS/c1-15-10-6-8-11(9-7-10)16-14(17)12-4-2-3-5-13(12)18-16/h2-5,10-11,15H,6-9H2,1H3. The van der Waals surface area contributed by atoms with E-state index in [1.807, 2.05) is 35.3 Å². The van der Waals surface area contributed by atoms with E-state index < -0.39 is 0 Å². The molecule has 0 aliphatic heterocycles. The van der Waals surface area contributed by atoms with E-state index in [-0.39, 0.29) is 5.56 Å². The number of nitrogens with zero attached hydrogens (tertiary/aromatic N) is 1. The van der Waals surface area contributed by atoms with Gasteiger partial charge in [0.25, 0.3) is 5.56 Å². The van der Waals surface area contributed by atoms with Gasteiger partial charge in [0, 0.05) is 12.1 Å². The van der Waals surface area contributed by atoms with Crippen molar-refractivity contribution in [2.45, 2.75) is 37.8 Å². The minimum absolute atomic E-state index is 0.198. The summed E-state index contributed by atoms with van der Waals surface area (Å²) in [6.45, 7) is 0. The molecule has 18 heavy (non-hydrogen) atoms. The molecule has 0 bridgehead atoms. The van der Waals surface area contributed by atoms with Gasteiger partial charge in [-0.05, 0) is 44.9 Å². The number of aromatic nitrogens is 1. The second-order valence-electron chi connectivity index (χ2n) is 5.01. The maximum Gasteiger partial charge on any atom is 0.268 e. The molecule has 1 aromatic carbocycles. The van der Waals surface area contributed by atoms with Crippen LogP contribution in [0.3, 0.4) is 0 Å². The average Bonchev–Trinajstić information content (AvgIpc) is 2.77. The molecule has 96 valence electrons. The van der Waals surface area contributed by atoms with Gasteiger partial charge in [-0.2, -0.15) is 0 Å². The fraction of sp³-hybridized carbons (Fsp3) is 0.500. The molecule has 3 nitrogen and oxygen atoms in total. The van der Waals surface area contributed by atoms with Crippen molar-refractivity contribution in [2.75, 3.05) is 7.05 Å². The number of fused-ring (bicyclic) bond motifs is 1. The Kier molecular flexibility index (Phi) is 3.22. The first kappa shape index (κ1) is 11.9. The minimum atomic E-state index is 0.198. The van der Waals surface area contributed by atoms with Crippen LogP contribution in [0, 0.1) is 0 Å². The summed E-state index contributed by atoms with van der Waals surface area (Å²) in [5.74, 6) is 0. The van der Waals surface area contributed by atoms with Crippen molar-refractivity contribution in [1.29, 1.82) is 0 Å². The zero-order valence-electron chi connectivity index (χ0n) is 10.6. The van der Waals surface area contributed by atoms with Gasteiger partial charge in [-0.25, -0.2) is 0 Å². The predicted molar refractivity (Wildman–Crippen MR) is 76.4 cm³/mol. The van der Waals surface area contributed by atoms with Gasteiger partial charge in [-0.3, -0.25) is 8.75 Å². The molecular formula is C14H18N2OS. The highest BCUT2D eigenvalue weighted by molar-refractivity contribution is 7.13.